The van der Waals surface area contributed by atoms with Gasteiger partial charge in [-0.1, -0.05) is 0 Å². The summed E-state index contributed by atoms with van der Waals surface area (Å²) in [7, 11) is 0. The fourth-order valence-corrected chi connectivity index (χ4v) is 0.125. The van der Waals surface area contributed by atoms with Crippen LogP contribution in [0.15, 0.2) is 0 Å². The third kappa shape index (κ3) is 2.92. The van der Waals surface area contributed by atoms with Crippen LogP contribution in [-0.2, 0) is 32.7 Å². The molecule has 1 fully saturated rings. The van der Waals surface area contributed by atoms with Gasteiger partial charge in [0.05, 0.1) is 0 Å². The Bertz CT molecular complexity index is 22.8. The zero-order valence-corrected chi connectivity index (χ0v) is 6.33. The molecule has 0 atom stereocenters. The van der Waals surface area contributed by atoms with E-state index in [-0.39, 0.29) is 32.7 Å². The summed E-state index contributed by atoms with van der Waals surface area (Å²) in [6, 6.07) is 0. The Morgan fingerprint density at radius 2 is 1.60 bits per heavy atom. The predicted octanol–water partition coefficient (Wildman–Crippen LogP) is 1.37. The Morgan fingerprint density at radius 1 is 1.40 bits per heavy atom. The van der Waals surface area contributed by atoms with Crippen molar-refractivity contribution in [1.29, 1.82) is 0 Å². The van der Waals surface area contributed by atoms with Crippen molar-refractivity contribution in [2.45, 2.75) is 19.8 Å². The molecule has 1 radical (unpaired) electrons. The van der Waals surface area contributed by atoms with Crippen LogP contribution in [-0.4, -0.2) is 0 Å². The molecule has 0 aromatic rings. The second kappa shape index (κ2) is 2.31. The first-order valence-electron chi connectivity index (χ1n) is 1.71. The van der Waals surface area contributed by atoms with E-state index in [0.29, 0.717) is 0 Å². The van der Waals surface area contributed by atoms with Crippen LogP contribution in [0.5, 0.6) is 0 Å². The van der Waals surface area contributed by atoms with Crippen molar-refractivity contribution in [3.8, 4) is 0 Å². The molecule has 0 unspecified atom stereocenters. The third-order valence-electron chi connectivity index (χ3n) is 0.750. The summed E-state index contributed by atoms with van der Waals surface area (Å²) in [5.41, 5.74) is 0. The minimum absolute atomic E-state index is 0. The summed E-state index contributed by atoms with van der Waals surface area (Å²) in [5.74, 6) is 1.67. The molecule has 0 N–H and O–H groups in total. The van der Waals surface area contributed by atoms with Gasteiger partial charge in [-0.05, 0) is 0 Å². The smallest absolute Gasteiger partial charge is 0 e. The fourth-order valence-electron chi connectivity index (χ4n) is 0.125. The molecule has 0 spiro atoms. The van der Waals surface area contributed by atoms with Crippen LogP contribution < -0.4 is 0 Å². The van der Waals surface area contributed by atoms with E-state index in [1.165, 1.54) is 12.8 Å². The zero-order valence-electron chi connectivity index (χ0n) is 3.49. The van der Waals surface area contributed by atoms with E-state index in [9.17, 15) is 0 Å². The standard InChI is InChI=1S/C4H7.Y/c1-4-2-3-4;/h2-3H2,1H3;/q-1;. The van der Waals surface area contributed by atoms with Gasteiger partial charge >= 0.3 is 0 Å². The number of hydrogen-bond acceptors (Lipinski definition) is 0. The minimum atomic E-state index is 0. The molecule has 1 aliphatic rings. The molecule has 1 heteroatoms. The molecule has 0 heterocycles. The molecule has 1 saturated carbocycles. The summed E-state index contributed by atoms with van der Waals surface area (Å²) >= 11 is 0. The first kappa shape index (κ1) is 6.10. The molecule has 0 aliphatic heterocycles. The fraction of sp³-hybridized carbons (Fsp3) is 0.750. The van der Waals surface area contributed by atoms with E-state index >= 15 is 0 Å². The van der Waals surface area contributed by atoms with Crippen LogP contribution in [0.1, 0.15) is 19.8 Å². The summed E-state index contributed by atoms with van der Waals surface area (Å²) < 4.78 is 0. The Labute approximate surface area is 58.2 Å². The number of rotatable bonds is 0. The molecule has 5 heavy (non-hydrogen) atoms. The maximum absolute atomic E-state index is 2.19. The predicted molar refractivity (Wildman–Crippen MR) is 18.2 cm³/mol. The second-order valence-corrected chi connectivity index (χ2v) is 1.46. The Balaban J connectivity index is 0.000000160. The summed E-state index contributed by atoms with van der Waals surface area (Å²) in [5, 5.41) is 0. The van der Waals surface area contributed by atoms with Crippen molar-refractivity contribution in [2.75, 3.05) is 0 Å². The summed E-state index contributed by atoms with van der Waals surface area (Å²) in [4.78, 5) is 0. The van der Waals surface area contributed by atoms with Gasteiger partial charge in [0.15, 0.2) is 0 Å². The topological polar surface area (TPSA) is 0 Å². The summed E-state index contributed by atoms with van der Waals surface area (Å²) in [6.07, 6.45) is 2.81. The van der Waals surface area contributed by atoms with Gasteiger partial charge in [0.25, 0.3) is 0 Å². The van der Waals surface area contributed by atoms with E-state index in [4.69, 9.17) is 0 Å². The van der Waals surface area contributed by atoms with Crippen molar-refractivity contribution >= 4 is 0 Å². The largest absolute Gasteiger partial charge is 0.321 e. The van der Waals surface area contributed by atoms with E-state index < -0.39 is 0 Å². The molecule has 1 rings (SSSR count). The van der Waals surface area contributed by atoms with E-state index in [0.717, 1.165) is 0 Å². The maximum Gasteiger partial charge on any atom is 0 e. The molecule has 0 bridgehead atoms. The average molecular weight is 144 g/mol. The van der Waals surface area contributed by atoms with E-state index in [2.05, 4.69) is 6.92 Å². The van der Waals surface area contributed by atoms with E-state index in [1.807, 2.05) is 0 Å². The monoisotopic (exact) mass is 144 g/mol. The van der Waals surface area contributed by atoms with Crippen LogP contribution in [0.4, 0.5) is 0 Å². The van der Waals surface area contributed by atoms with Gasteiger partial charge in [0, 0.05) is 32.7 Å². The molecule has 0 aromatic carbocycles. The molecule has 0 aromatic heterocycles. The van der Waals surface area contributed by atoms with Gasteiger partial charge in [-0.3, -0.25) is 0 Å². The molecule has 1 aliphatic carbocycles. The van der Waals surface area contributed by atoms with Crippen LogP contribution in [0, 0.1) is 5.92 Å². The first-order chi connectivity index (χ1) is 1.89. The Kier molecular flexibility index (Phi) is 2.82. The minimum Gasteiger partial charge on any atom is -0.321 e. The molecule has 27 valence electrons. The van der Waals surface area contributed by atoms with Crippen LogP contribution in [0.2, 0.25) is 0 Å². The van der Waals surface area contributed by atoms with Gasteiger partial charge < -0.3 is 5.92 Å². The van der Waals surface area contributed by atoms with Crippen LogP contribution in [0.25, 0.3) is 0 Å². The van der Waals surface area contributed by atoms with Crippen molar-refractivity contribution in [1.82, 2.24) is 0 Å². The van der Waals surface area contributed by atoms with Gasteiger partial charge in [0.2, 0.25) is 0 Å². The second-order valence-electron chi connectivity index (χ2n) is 1.46. The van der Waals surface area contributed by atoms with Crippen molar-refractivity contribution < 1.29 is 32.7 Å². The van der Waals surface area contributed by atoms with E-state index in [1.54, 1.807) is 5.92 Å². The van der Waals surface area contributed by atoms with Crippen molar-refractivity contribution in [2.24, 2.45) is 0 Å². The van der Waals surface area contributed by atoms with Gasteiger partial charge in [-0.15, -0.1) is 0 Å². The SMILES string of the molecule is C[C-]1CC1.[Y]. The number of hydrogen-bond donors (Lipinski definition) is 0. The first-order valence-corrected chi connectivity index (χ1v) is 1.71. The molecular weight excluding hydrogens is 137 g/mol. The Morgan fingerprint density at radius 3 is 1.60 bits per heavy atom. The van der Waals surface area contributed by atoms with Crippen molar-refractivity contribution in [3.05, 3.63) is 5.92 Å². The normalized spacial score (nSPS) is 21.0. The quantitative estimate of drug-likeness (QED) is 0.450. The molecule has 0 saturated heterocycles. The molecule has 0 nitrogen and oxygen atoms in total. The molecular formula is C4H7Y-. The third-order valence-corrected chi connectivity index (χ3v) is 0.750. The maximum atomic E-state index is 2.19. The van der Waals surface area contributed by atoms with Gasteiger partial charge in [-0.25, -0.2) is 12.8 Å². The zero-order chi connectivity index (χ0) is 2.99. The summed E-state index contributed by atoms with van der Waals surface area (Å²) in [6.45, 7) is 2.19. The van der Waals surface area contributed by atoms with Gasteiger partial charge in [-0.2, -0.15) is 6.92 Å². The van der Waals surface area contributed by atoms with Gasteiger partial charge in [0.1, 0.15) is 0 Å². The van der Waals surface area contributed by atoms with Crippen LogP contribution >= 0.6 is 0 Å². The van der Waals surface area contributed by atoms with Crippen LogP contribution in [0.3, 0.4) is 0 Å². The average Bonchev–Trinajstić information content (AvgIpc) is 1.75. The van der Waals surface area contributed by atoms with Crippen molar-refractivity contribution in [3.63, 3.8) is 0 Å². The Hall–Kier alpha value is 1.10. The molecule has 0 amide bonds.